The second-order valence-corrected chi connectivity index (χ2v) is 6.33. The van der Waals surface area contributed by atoms with Gasteiger partial charge in [0.2, 0.25) is 0 Å². The Bertz CT molecular complexity index is 614. The molecule has 0 bridgehead atoms. The van der Waals surface area contributed by atoms with E-state index in [9.17, 15) is 0 Å². The Morgan fingerprint density at radius 2 is 1.95 bits per heavy atom. The second-order valence-electron chi connectivity index (χ2n) is 6.33. The second kappa shape index (κ2) is 4.85. The molecule has 2 heterocycles. The number of hydrogen-bond donors (Lipinski definition) is 1. The highest BCUT2D eigenvalue weighted by Gasteiger charge is 2.33. The maximum atomic E-state index is 6.45. The molecule has 2 N–H and O–H groups in total. The molecule has 0 amide bonds. The number of rotatable bonds is 2. The Balaban J connectivity index is 1.83. The third-order valence-electron chi connectivity index (χ3n) is 4.79. The lowest BCUT2D eigenvalue weighted by atomic mass is 9.94. The predicted molar refractivity (Wildman–Crippen MR) is 79.6 cm³/mol. The number of aromatic nitrogens is 3. The van der Waals surface area contributed by atoms with Crippen molar-refractivity contribution in [2.24, 2.45) is 5.73 Å². The average Bonchev–Trinajstić information content (AvgIpc) is 3.25. The molecule has 4 heteroatoms. The molecule has 2 aromatic heterocycles. The number of imidazole rings is 1. The molecule has 4 rings (SSSR count). The summed E-state index contributed by atoms with van der Waals surface area (Å²) in [6.45, 7) is 0. The molecule has 2 saturated carbocycles. The summed E-state index contributed by atoms with van der Waals surface area (Å²) in [5, 5.41) is 0. The van der Waals surface area contributed by atoms with Crippen LogP contribution in [0.3, 0.4) is 0 Å². The standard InChI is InChI=1S/C16H22N4/c17-13-6-3-1-2-5-12(13)15-19-14-7-4-10-18-16(14)20(15)11-8-9-11/h4,7,10-13H,1-3,5-6,8-9,17H2. The molecule has 0 aromatic carbocycles. The zero-order chi connectivity index (χ0) is 13.5. The highest BCUT2D eigenvalue weighted by molar-refractivity contribution is 5.71. The molecule has 0 saturated heterocycles. The lowest BCUT2D eigenvalue weighted by molar-refractivity contribution is 0.465. The van der Waals surface area contributed by atoms with Crippen molar-refractivity contribution in [3.63, 3.8) is 0 Å². The molecule has 0 radical (unpaired) electrons. The highest BCUT2D eigenvalue weighted by atomic mass is 15.2. The van der Waals surface area contributed by atoms with Gasteiger partial charge in [-0.2, -0.15) is 0 Å². The van der Waals surface area contributed by atoms with Crippen molar-refractivity contribution in [3.8, 4) is 0 Å². The number of hydrogen-bond acceptors (Lipinski definition) is 3. The number of pyridine rings is 1. The van der Waals surface area contributed by atoms with E-state index in [-0.39, 0.29) is 6.04 Å². The minimum Gasteiger partial charge on any atom is -0.327 e. The Kier molecular flexibility index (Phi) is 2.99. The molecular formula is C16H22N4. The SMILES string of the molecule is NC1CCCCCC1c1nc2cccnc2n1C1CC1. The third kappa shape index (κ3) is 2.03. The number of nitrogens with zero attached hydrogens (tertiary/aromatic N) is 3. The summed E-state index contributed by atoms with van der Waals surface area (Å²) < 4.78 is 2.39. The fourth-order valence-electron chi connectivity index (χ4n) is 3.56. The fraction of sp³-hybridized carbons (Fsp3) is 0.625. The van der Waals surface area contributed by atoms with E-state index in [0.717, 1.165) is 17.6 Å². The molecular weight excluding hydrogens is 248 g/mol. The summed E-state index contributed by atoms with van der Waals surface area (Å²) in [6.07, 6.45) is 10.6. The zero-order valence-corrected chi connectivity index (χ0v) is 11.8. The normalized spacial score (nSPS) is 27.6. The smallest absolute Gasteiger partial charge is 0.160 e. The first-order valence-corrected chi connectivity index (χ1v) is 7.93. The van der Waals surface area contributed by atoms with E-state index in [1.807, 2.05) is 12.3 Å². The van der Waals surface area contributed by atoms with Crippen molar-refractivity contribution < 1.29 is 0 Å². The largest absolute Gasteiger partial charge is 0.327 e. The van der Waals surface area contributed by atoms with E-state index in [1.54, 1.807) is 0 Å². The van der Waals surface area contributed by atoms with Gasteiger partial charge in [-0.1, -0.05) is 19.3 Å². The molecule has 0 spiro atoms. The van der Waals surface area contributed by atoms with Crippen LogP contribution < -0.4 is 5.73 Å². The predicted octanol–water partition coefficient (Wildman–Crippen LogP) is 3.14. The molecule has 2 atom stereocenters. The molecule has 0 aliphatic heterocycles. The Morgan fingerprint density at radius 3 is 2.80 bits per heavy atom. The maximum absolute atomic E-state index is 6.45. The molecule has 2 aromatic rings. The van der Waals surface area contributed by atoms with Crippen molar-refractivity contribution in [1.29, 1.82) is 0 Å². The topological polar surface area (TPSA) is 56.7 Å². The fourth-order valence-corrected chi connectivity index (χ4v) is 3.56. The summed E-state index contributed by atoms with van der Waals surface area (Å²) in [7, 11) is 0. The third-order valence-corrected chi connectivity index (χ3v) is 4.79. The first kappa shape index (κ1) is 12.3. The summed E-state index contributed by atoms with van der Waals surface area (Å²) in [5.74, 6) is 1.61. The minimum atomic E-state index is 0.256. The number of nitrogens with two attached hydrogens (primary N) is 1. The van der Waals surface area contributed by atoms with Crippen LogP contribution in [0.1, 0.15) is 62.7 Å². The van der Waals surface area contributed by atoms with Gasteiger partial charge in [0.05, 0.1) is 0 Å². The summed E-state index contributed by atoms with van der Waals surface area (Å²) in [5.41, 5.74) is 8.54. The molecule has 4 nitrogen and oxygen atoms in total. The van der Waals surface area contributed by atoms with E-state index in [1.165, 1.54) is 44.3 Å². The van der Waals surface area contributed by atoms with Crippen LogP contribution in [-0.4, -0.2) is 20.6 Å². The lowest BCUT2D eigenvalue weighted by Gasteiger charge is -2.22. The van der Waals surface area contributed by atoms with Gasteiger partial charge in [0, 0.05) is 24.2 Å². The van der Waals surface area contributed by atoms with Crippen molar-refractivity contribution >= 4 is 11.2 Å². The van der Waals surface area contributed by atoms with Gasteiger partial charge in [-0.3, -0.25) is 0 Å². The molecule has 20 heavy (non-hydrogen) atoms. The van der Waals surface area contributed by atoms with Crippen LogP contribution in [0.4, 0.5) is 0 Å². The van der Waals surface area contributed by atoms with Gasteiger partial charge in [-0.15, -0.1) is 0 Å². The quantitative estimate of drug-likeness (QED) is 0.853. The van der Waals surface area contributed by atoms with Crippen LogP contribution in [0.25, 0.3) is 11.2 Å². The first-order valence-electron chi connectivity index (χ1n) is 7.93. The highest BCUT2D eigenvalue weighted by Crippen LogP contribution is 2.41. The molecule has 2 aliphatic carbocycles. The van der Waals surface area contributed by atoms with E-state index >= 15 is 0 Å². The van der Waals surface area contributed by atoms with Crippen LogP contribution in [-0.2, 0) is 0 Å². The van der Waals surface area contributed by atoms with Gasteiger partial charge in [0.1, 0.15) is 11.3 Å². The summed E-state index contributed by atoms with van der Waals surface area (Å²) >= 11 is 0. The lowest BCUT2D eigenvalue weighted by Crippen LogP contribution is -2.29. The Labute approximate surface area is 119 Å². The van der Waals surface area contributed by atoms with Crippen molar-refractivity contribution in [3.05, 3.63) is 24.2 Å². The molecule has 2 aliphatic rings. The number of fused-ring (bicyclic) bond motifs is 1. The molecule has 2 unspecified atom stereocenters. The summed E-state index contributed by atoms with van der Waals surface area (Å²) in [4.78, 5) is 9.48. The van der Waals surface area contributed by atoms with Crippen molar-refractivity contribution in [1.82, 2.24) is 14.5 Å². The first-order chi connectivity index (χ1) is 9.84. The van der Waals surface area contributed by atoms with Gasteiger partial charge in [0.15, 0.2) is 5.65 Å². The van der Waals surface area contributed by atoms with Gasteiger partial charge in [-0.05, 0) is 37.8 Å². The van der Waals surface area contributed by atoms with Crippen LogP contribution in [0, 0.1) is 0 Å². The van der Waals surface area contributed by atoms with E-state index in [4.69, 9.17) is 10.7 Å². The Morgan fingerprint density at radius 1 is 1.10 bits per heavy atom. The zero-order valence-electron chi connectivity index (χ0n) is 11.8. The van der Waals surface area contributed by atoms with Crippen LogP contribution in [0.2, 0.25) is 0 Å². The Hall–Kier alpha value is -1.42. The van der Waals surface area contributed by atoms with E-state index in [0.29, 0.717) is 12.0 Å². The van der Waals surface area contributed by atoms with Gasteiger partial charge in [0.25, 0.3) is 0 Å². The van der Waals surface area contributed by atoms with Crippen LogP contribution in [0.5, 0.6) is 0 Å². The molecule has 2 fully saturated rings. The minimum absolute atomic E-state index is 0.256. The van der Waals surface area contributed by atoms with Gasteiger partial charge in [-0.25, -0.2) is 9.97 Å². The van der Waals surface area contributed by atoms with Gasteiger partial charge >= 0.3 is 0 Å². The van der Waals surface area contributed by atoms with Gasteiger partial charge < -0.3 is 10.3 Å². The van der Waals surface area contributed by atoms with E-state index < -0.39 is 0 Å². The van der Waals surface area contributed by atoms with Crippen LogP contribution in [0.15, 0.2) is 18.3 Å². The summed E-state index contributed by atoms with van der Waals surface area (Å²) in [6, 6.07) is 4.92. The van der Waals surface area contributed by atoms with Crippen molar-refractivity contribution in [2.45, 2.75) is 62.9 Å². The maximum Gasteiger partial charge on any atom is 0.160 e. The monoisotopic (exact) mass is 270 g/mol. The van der Waals surface area contributed by atoms with E-state index in [2.05, 4.69) is 15.6 Å². The average molecular weight is 270 g/mol. The van der Waals surface area contributed by atoms with Crippen molar-refractivity contribution in [2.75, 3.05) is 0 Å². The van der Waals surface area contributed by atoms with Crippen LogP contribution >= 0.6 is 0 Å². The molecule has 106 valence electrons.